The number of hydrazine groups is 1. The highest BCUT2D eigenvalue weighted by Crippen LogP contribution is 2.18. The van der Waals surface area contributed by atoms with Crippen LogP contribution in [0.15, 0.2) is 90.0 Å². The molecule has 1 unspecified atom stereocenters. The van der Waals surface area contributed by atoms with Gasteiger partial charge in [0.05, 0.1) is 6.61 Å². The standard InChI is InChI=1S/C21H19N5O.C12H26O4S/c1-16(27)22-18-12-14-20(15-13-18)26-24-21(17-8-4-2-5-9-17)23-25(26)19-10-6-3-7-11-19;1-2-3-4-5-6-7-8-9-10-11-12-16-17(13,14)15/h2-15H,1H3,(H,22,27)(H,23,24);2-12H2,1H3,(H,13,14,15). The molecule has 3 N–H and O–H groups in total. The Morgan fingerprint density at radius 2 is 1.39 bits per heavy atom. The minimum absolute atomic E-state index is 0.0301. The third-order valence-corrected chi connectivity index (χ3v) is 7.35. The summed E-state index contributed by atoms with van der Waals surface area (Å²) in [6.07, 6.45) is 11.7. The summed E-state index contributed by atoms with van der Waals surface area (Å²) in [5, 5.41) is 10.4. The highest BCUT2D eigenvalue weighted by molar-refractivity contribution is 7.80. The van der Waals surface area contributed by atoms with Crippen LogP contribution in [0.25, 0.3) is 0 Å². The number of benzene rings is 3. The monoisotopic (exact) mass is 623 g/mol. The SMILES string of the molecule is CC(=O)Nc1ccc(N2NC(c3ccccc3)=N[NH+]2c2ccccc2)cc1.CCCCCCCCCCCCOS(=O)(=O)[O-]. The number of amides is 1. The fourth-order valence-corrected chi connectivity index (χ4v) is 5.00. The molecule has 1 heterocycles. The average Bonchev–Trinajstić information content (AvgIpc) is 3.46. The molecule has 1 atom stereocenters. The number of rotatable bonds is 16. The van der Waals surface area contributed by atoms with Crippen molar-refractivity contribution >= 4 is 39.2 Å². The van der Waals surface area contributed by atoms with Gasteiger partial charge in [-0.3, -0.25) is 8.98 Å². The fourth-order valence-electron chi connectivity index (χ4n) is 4.68. The molecule has 0 saturated carbocycles. The second-order valence-electron chi connectivity index (χ2n) is 10.6. The molecular formula is C33H45N5O5S. The van der Waals surface area contributed by atoms with E-state index in [2.05, 4.69) is 21.8 Å². The minimum atomic E-state index is -4.48. The molecule has 1 aliphatic heterocycles. The van der Waals surface area contributed by atoms with Crippen LogP contribution in [-0.4, -0.2) is 31.3 Å². The topological polar surface area (TPSA) is 128 Å². The van der Waals surface area contributed by atoms with Crippen LogP contribution in [0.5, 0.6) is 0 Å². The molecule has 0 radical (unpaired) electrons. The Morgan fingerprint density at radius 3 is 1.93 bits per heavy atom. The van der Waals surface area contributed by atoms with Crippen LogP contribution in [0, 0.1) is 0 Å². The lowest BCUT2D eigenvalue weighted by molar-refractivity contribution is -0.846. The van der Waals surface area contributed by atoms with Gasteiger partial charge in [0, 0.05) is 30.3 Å². The number of anilines is 2. The molecule has 0 spiro atoms. The Kier molecular flexibility index (Phi) is 14.8. The van der Waals surface area contributed by atoms with Crippen molar-refractivity contribution in [3.05, 3.63) is 90.5 Å². The van der Waals surface area contributed by atoms with Crippen LogP contribution >= 0.6 is 0 Å². The Bertz CT molecular complexity index is 1390. The van der Waals surface area contributed by atoms with Crippen molar-refractivity contribution in [3.8, 4) is 0 Å². The summed E-state index contributed by atoms with van der Waals surface area (Å²) in [6.45, 7) is 3.74. The highest BCUT2D eigenvalue weighted by Gasteiger charge is 2.32. The molecule has 0 bridgehead atoms. The molecule has 1 aliphatic rings. The summed E-state index contributed by atoms with van der Waals surface area (Å²) in [6, 6.07) is 27.7. The zero-order valence-corrected chi connectivity index (χ0v) is 26.5. The Morgan fingerprint density at radius 1 is 0.841 bits per heavy atom. The van der Waals surface area contributed by atoms with Crippen molar-refractivity contribution in [1.82, 2.24) is 5.43 Å². The molecule has 238 valence electrons. The maximum atomic E-state index is 11.2. The number of quaternary nitrogens is 1. The molecule has 1 amide bonds. The van der Waals surface area contributed by atoms with E-state index in [1.165, 1.54) is 51.9 Å². The van der Waals surface area contributed by atoms with Gasteiger partial charge in [0.25, 0.3) is 0 Å². The first-order chi connectivity index (χ1) is 21.3. The van der Waals surface area contributed by atoms with Crippen LogP contribution in [0.2, 0.25) is 0 Å². The van der Waals surface area contributed by atoms with E-state index in [4.69, 9.17) is 5.10 Å². The summed E-state index contributed by atoms with van der Waals surface area (Å²) in [7, 11) is -4.48. The van der Waals surface area contributed by atoms with Crippen LogP contribution in [0.4, 0.5) is 17.1 Å². The smallest absolute Gasteiger partial charge is 0.221 e. The molecule has 0 aliphatic carbocycles. The van der Waals surface area contributed by atoms with E-state index in [1.807, 2.05) is 90.0 Å². The molecule has 0 fully saturated rings. The number of hydrogen-bond acceptors (Lipinski definition) is 8. The molecule has 0 aromatic heterocycles. The van der Waals surface area contributed by atoms with E-state index in [0.29, 0.717) is 6.42 Å². The van der Waals surface area contributed by atoms with Crippen molar-refractivity contribution in [3.63, 3.8) is 0 Å². The van der Waals surface area contributed by atoms with Gasteiger partial charge in [-0.05, 0) is 35.8 Å². The summed E-state index contributed by atoms with van der Waals surface area (Å²) in [5.74, 6) is 0.702. The van der Waals surface area contributed by atoms with Gasteiger partial charge in [-0.15, -0.1) is 0 Å². The second kappa shape index (κ2) is 18.8. The Hall–Kier alpha value is -3.77. The number of hydrogen-bond donors (Lipinski definition) is 3. The third kappa shape index (κ3) is 12.8. The van der Waals surface area contributed by atoms with Gasteiger partial charge in [0.1, 0.15) is 5.69 Å². The summed E-state index contributed by atoms with van der Waals surface area (Å²) < 4.78 is 34.5. The maximum absolute atomic E-state index is 11.2. The Labute approximate surface area is 262 Å². The van der Waals surface area contributed by atoms with Gasteiger partial charge < -0.3 is 9.87 Å². The number of nitrogens with zero attached hydrogens (tertiary/aromatic N) is 2. The van der Waals surface area contributed by atoms with E-state index in [-0.39, 0.29) is 12.5 Å². The van der Waals surface area contributed by atoms with E-state index in [9.17, 15) is 17.8 Å². The molecular weight excluding hydrogens is 578 g/mol. The number of amidine groups is 1. The third-order valence-electron chi connectivity index (χ3n) is 6.90. The lowest BCUT2D eigenvalue weighted by Crippen LogP contribution is -3.10. The summed E-state index contributed by atoms with van der Waals surface area (Å²) >= 11 is 0. The highest BCUT2D eigenvalue weighted by atomic mass is 32.3. The van der Waals surface area contributed by atoms with Crippen molar-refractivity contribution in [2.45, 2.75) is 78.1 Å². The van der Waals surface area contributed by atoms with Crippen LogP contribution < -0.4 is 21.0 Å². The fraction of sp³-hybridized carbons (Fsp3) is 0.394. The van der Waals surface area contributed by atoms with Crippen molar-refractivity contribution in [2.24, 2.45) is 5.10 Å². The van der Waals surface area contributed by atoms with Gasteiger partial charge in [-0.2, -0.15) is 0 Å². The van der Waals surface area contributed by atoms with Gasteiger partial charge in [0.15, 0.2) is 5.69 Å². The molecule has 3 aromatic carbocycles. The van der Waals surface area contributed by atoms with E-state index in [0.717, 1.165) is 46.4 Å². The molecule has 10 nitrogen and oxygen atoms in total. The number of unbranched alkanes of at least 4 members (excludes halogenated alkanes) is 9. The molecule has 11 heteroatoms. The first kappa shape index (κ1) is 34.7. The van der Waals surface area contributed by atoms with Gasteiger partial charge in [0.2, 0.25) is 22.1 Å². The molecule has 4 rings (SSSR count). The van der Waals surface area contributed by atoms with Crippen molar-refractivity contribution < 1.29 is 27.1 Å². The lowest BCUT2D eigenvalue weighted by Gasteiger charge is -2.21. The normalized spacial score (nSPS) is 14.3. The number of nitrogens with one attached hydrogen (secondary N) is 3. The zero-order valence-electron chi connectivity index (χ0n) is 25.7. The van der Waals surface area contributed by atoms with E-state index < -0.39 is 10.4 Å². The predicted molar refractivity (Wildman–Crippen MR) is 174 cm³/mol. The van der Waals surface area contributed by atoms with Crippen LogP contribution in [-0.2, 0) is 19.4 Å². The largest absolute Gasteiger partial charge is 0.726 e. The number of carbonyl (C=O) groups is 1. The van der Waals surface area contributed by atoms with Gasteiger partial charge >= 0.3 is 0 Å². The van der Waals surface area contributed by atoms with Gasteiger partial charge in [-0.1, -0.05) is 123 Å². The average molecular weight is 624 g/mol. The molecule has 0 saturated heterocycles. The predicted octanol–water partition coefficient (Wildman–Crippen LogP) is 5.85. The summed E-state index contributed by atoms with van der Waals surface area (Å²) in [5.41, 5.74) is 7.11. The van der Waals surface area contributed by atoms with E-state index in [1.54, 1.807) is 0 Å². The zero-order chi connectivity index (χ0) is 31.6. The molecule has 3 aromatic rings. The quantitative estimate of drug-likeness (QED) is 0.104. The minimum Gasteiger partial charge on any atom is -0.726 e. The van der Waals surface area contributed by atoms with E-state index >= 15 is 0 Å². The van der Waals surface area contributed by atoms with Crippen LogP contribution in [0.1, 0.15) is 83.6 Å². The van der Waals surface area contributed by atoms with Crippen molar-refractivity contribution in [1.29, 1.82) is 0 Å². The Balaban J connectivity index is 0.000000271. The van der Waals surface area contributed by atoms with Crippen LogP contribution in [0.3, 0.4) is 0 Å². The number of carbonyl (C=O) groups excluding carboxylic acids is 1. The maximum Gasteiger partial charge on any atom is 0.221 e. The van der Waals surface area contributed by atoms with Gasteiger partial charge in [-0.25, -0.2) is 13.8 Å². The molecule has 44 heavy (non-hydrogen) atoms. The second-order valence-corrected chi connectivity index (χ2v) is 11.7. The summed E-state index contributed by atoms with van der Waals surface area (Å²) in [4.78, 5) is 11.2. The first-order valence-corrected chi connectivity index (χ1v) is 16.7. The van der Waals surface area contributed by atoms with Crippen molar-refractivity contribution in [2.75, 3.05) is 17.0 Å². The first-order valence-electron chi connectivity index (χ1n) is 15.4. The lowest BCUT2D eigenvalue weighted by atomic mass is 10.1.